The van der Waals surface area contributed by atoms with Crippen LogP contribution in [0.4, 0.5) is 4.39 Å². The average molecular weight is 405 g/mol. The van der Waals surface area contributed by atoms with Crippen LogP contribution in [-0.2, 0) is 6.54 Å². The van der Waals surface area contributed by atoms with E-state index in [1.54, 1.807) is 12.1 Å². The molecule has 2 aromatic heterocycles. The van der Waals surface area contributed by atoms with Crippen molar-refractivity contribution < 1.29 is 13.9 Å². The van der Waals surface area contributed by atoms with Gasteiger partial charge in [-0.15, -0.1) is 0 Å². The monoisotopic (exact) mass is 405 g/mol. The molecular formula is C24H24FN3O2. The molecule has 30 heavy (non-hydrogen) atoms. The molecule has 2 aliphatic rings. The first-order valence-corrected chi connectivity index (χ1v) is 10.3. The number of likely N-dealkylation sites (tertiary alicyclic amines) is 1. The van der Waals surface area contributed by atoms with E-state index in [2.05, 4.69) is 14.9 Å². The Balaban J connectivity index is 1.41. The molecule has 3 aromatic rings. The number of nitrogens with zero attached hydrogens (tertiary/aromatic N) is 3. The number of ether oxygens (including phenoxy) is 2. The Labute approximate surface area is 175 Å². The zero-order valence-electron chi connectivity index (χ0n) is 16.9. The zero-order valence-corrected chi connectivity index (χ0v) is 16.9. The lowest BCUT2D eigenvalue weighted by molar-refractivity contribution is 0.121. The largest absolute Gasteiger partial charge is 0.493 e. The molecule has 0 bridgehead atoms. The molecule has 0 unspecified atom stereocenters. The van der Waals surface area contributed by atoms with Crippen molar-refractivity contribution >= 4 is 0 Å². The summed E-state index contributed by atoms with van der Waals surface area (Å²) in [5.74, 6) is 1.67. The van der Waals surface area contributed by atoms with Gasteiger partial charge in [0.1, 0.15) is 11.6 Å². The van der Waals surface area contributed by atoms with Crippen LogP contribution in [0.3, 0.4) is 0 Å². The summed E-state index contributed by atoms with van der Waals surface area (Å²) >= 11 is 0. The van der Waals surface area contributed by atoms with Crippen molar-refractivity contribution in [3.8, 4) is 11.6 Å². The molecule has 1 saturated heterocycles. The average Bonchev–Trinajstić information content (AvgIpc) is 3.11. The predicted octanol–water partition coefficient (Wildman–Crippen LogP) is 4.18. The SMILES string of the molecule is Cc1cccc(OC[C@@H]2CN(Cc3ccncc3)[C@H]3c4cc(F)ccc4OC[C@@H]23)n1. The molecule has 2 aliphatic heterocycles. The first-order chi connectivity index (χ1) is 14.7. The summed E-state index contributed by atoms with van der Waals surface area (Å²) in [5.41, 5.74) is 3.05. The quantitative estimate of drug-likeness (QED) is 0.637. The van der Waals surface area contributed by atoms with Gasteiger partial charge >= 0.3 is 0 Å². The molecule has 6 heteroatoms. The van der Waals surface area contributed by atoms with E-state index in [0.29, 0.717) is 19.1 Å². The van der Waals surface area contributed by atoms with Crippen LogP contribution in [0, 0.1) is 24.6 Å². The third kappa shape index (κ3) is 3.75. The molecule has 5 nitrogen and oxygen atoms in total. The van der Waals surface area contributed by atoms with E-state index in [1.165, 1.54) is 11.6 Å². The second-order valence-electron chi connectivity index (χ2n) is 8.08. The summed E-state index contributed by atoms with van der Waals surface area (Å²) < 4.78 is 26.2. The summed E-state index contributed by atoms with van der Waals surface area (Å²) in [5, 5.41) is 0. The molecule has 5 rings (SSSR count). The molecule has 4 heterocycles. The first-order valence-electron chi connectivity index (χ1n) is 10.3. The third-order valence-corrected chi connectivity index (χ3v) is 6.04. The molecular weight excluding hydrogens is 381 g/mol. The second-order valence-corrected chi connectivity index (χ2v) is 8.08. The van der Waals surface area contributed by atoms with Crippen molar-refractivity contribution in [3.05, 3.63) is 83.6 Å². The van der Waals surface area contributed by atoms with Crippen molar-refractivity contribution in [1.29, 1.82) is 0 Å². The van der Waals surface area contributed by atoms with Gasteiger partial charge in [0, 0.05) is 60.7 Å². The lowest BCUT2D eigenvalue weighted by Crippen LogP contribution is -2.32. The highest BCUT2D eigenvalue weighted by atomic mass is 19.1. The fourth-order valence-corrected chi connectivity index (χ4v) is 4.65. The van der Waals surface area contributed by atoms with E-state index >= 15 is 0 Å². The summed E-state index contributed by atoms with van der Waals surface area (Å²) in [4.78, 5) is 11.0. The second kappa shape index (κ2) is 8.03. The van der Waals surface area contributed by atoms with Gasteiger partial charge in [0.05, 0.1) is 13.2 Å². The predicted molar refractivity (Wildman–Crippen MR) is 111 cm³/mol. The normalized spacial score (nSPS) is 22.8. The van der Waals surface area contributed by atoms with Gasteiger partial charge < -0.3 is 9.47 Å². The first kappa shape index (κ1) is 19.0. The van der Waals surface area contributed by atoms with Gasteiger partial charge in [-0.2, -0.15) is 0 Å². The van der Waals surface area contributed by atoms with Gasteiger partial charge in [0.25, 0.3) is 0 Å². The van der Waals surface area contributed by atoms with Crippen LogP contribution in [0.5, 0.6) is 11.6 Å². The van der Waals surface area contributed by atoms with Crippen molar-refractivity contribution in [3.63, 3.8) is 0 Å². The summed E-state index contributed by atoms with van der Waals surface area (Å²) in [6.45, 7) is 4.74. The number of aryl methyl sites for hydroxylation is 1. The maximum Gasteiger partial charge on any atom is 0.213 e. The van der Waals surface area contributed by atoms with E-state index < -0.39 is 0 Å². The number of aromatic nitrogens is 2. The molecule has 3 atom stereocenters. The highest BCUT2D eigenvalue weighted by Crippen LogP contribution is 2.48. The maximum atomic E-state index is 14.1. The van der Waals surface area contributed by atoms with Crippen LogP contribution in [0.1, 0.15) is 22.9 Å². The Morgan fingerprint density at radius 2 is 2.03 bits per heavy atom. The minimum absolute atomic E-state index is 0.0942. The van der Waals surface area contributed by atoms with Gasteiger partial charge in [-0.1, -0.05) is 6.07 Å². The topological polar surface area (TPSA) is 47.5 Å². The van der Waals surface area contributed by atoms with Crippen molar-refractivity contribution in [2.24, 2.45) is 11.8 Å². The lowest BCUT2D eigenvalue weighted by atomic mass is 9.85. The van der Waals surface area contributed by atoms with E-state index in [0.717, 1.165) is 30.1 Å². The van der Waals surface area contributed by atoms with Crippen LogP contribution in [0.15, 0.2) is 60.9 Å². The molecule has 0 saturated carbocycles. The smallest absolute Gasteiger partial charge is 0.213 e. The lowest BCUT2D eigenvalue weighted by Gasteiger charge is -2.34. The highest BCUT2D eigenvalue weighted by Gasteiger charge is 2.46. The van der Waals surface area contributed by atoms with Crippen LogP contribution in [-0.4, -0.2) is 34.6 Å². The van der Waals surface area contributed by atoms with E-state index in [9.17, 15) is 4.39 Å². The minimum atomic E-state index is -0.231. The van der Waals surface area contributed by atoms with E-state index in [1.807, 2.05) is 49.6 Å². The minimum Gasteiger partial charge on any atom is -0.493 e. The van der Waals surface area contributed by atoms with Gasteiger partial charge in [0.2, 0.25) is 5.88 Å². The summed E-state index contributed by atoms with van der Waals surface area (Å²) in [6.07, 6.45) is 3.62. The number of fused-ring (bicyclic) bond motifs is 3. The number of halogens is 1. The van der Waals surface area contributed by atoms with Gasteiger partial charge in [-0.3, -0.25) is 9.88 Å². The third-order valence-electron chi connectivity index (χ3n) is 6.04. The van der Waals surface area contributed by atoms with Crippen LogP contribution in [0.2, 0.25) is 0 Å². The Morgan fingerprint density at radius 3 is 2.87 bits per heavy atom. The Morgan fingerprint density at radius 1 is 1.17 bits per heavy atom. The van der Waals surface area contributed by atoms with Gasteiger partial charge in [-0.05, 0) is 48.9 Å². The fourth-order valence-electron chi connectivity index (χ4n) is 4.65. The van der Waals surface area contributed by atoms with E-state index in [4.69, 9.17) is 9.47 Å². The molecule has 154 valence electrons. The fraction of sp³-hybridized carbons (Fsp3) is 0.333. The molecule has 0 radical (unpaired) electrons. The molecule has 0 aliphatic carbocycles. The number of hydrogen-bond acceptors (Lipinski definition) is 5. The van der Waals surface area contributed by atoms with Gasteiger partial charge in [0.15, 0.2) is 0 Å². The summed E-state index contributed by atoms with van der Waals surface area (Å²) in [7, 11) is 0. The molecule has 1 aromatic carbocycles. The summed E-state index contributed by atoms with van der Waals surface area (Å²) in [6, 6.07) is 14.8. The van der Waals surface area contributed by atoms with E-state index in [-0.39, 0.29) is 23.7 Å². The molecule has 0 amide bonds. The Hall–Kier alpha value is -2.99. The standard InChI is InChI=1S/C24H24FN3O2/c1-16-3-2-4-23(27-16)30-14-18-13-28(12-17-7-9-26-10-8-17)24-20-11-19(25)5-6-22(20)29-15-21(18)24/h2-11,18,21,24H,12-15H2,1H3/t18-,21-,24-/m0/s1. The maximum absolute atomic E-state index is 14.1. The zero-order chi connectivity index (χ0) is 20.5. The Kier molecular flexibility index (Phi) is 5.09. The van der Waals surface area contributed by atoms with Gasteiger partial charge in [-0.25, -0.2) is 9.37 Å². The molecule has 0 N–H and O–H groups in total. The number of hydrogen-bond donors (Lipinski definition) is 0. The van der Waals surface area contributed by atoms with Crippen molar-refractivity contribution in [2.75, 3.05) is 19.8 Å². The number of rotatable bonds is 5. The molecule has 1 fully saturated rings. The molecule has 0 spiro atoms. The van der Waals surface area contributed by atoms with Crippen LogP contribution >= 0.6 is 0 Å². The van der Waals surface area contributed by atoms with Crippen LogP contribution < -0.4 is 9.47 Å². The van der Waals surface area contributed by atoms with Crippen LogP contribution in [0.25, 0.3) is 0 Å². The van der Waals surface area contributed by atoms with Crippen molar-refractivity contribution in [2.45, 2.75) is 19.5 Å². The number of pyridine rings is 2. The van der Waals surface area contributed by atoms with Crippen molar-refractivity contribution in [1.82, 2.24) is 14.9 Å². The Bertz CT molecular complexity index is 1030. The number of benzene rings is 1. The highest BCUT2D eigenvalue weighted by molar-refractivity contribution is 5.40.